The Labute approximate surface area is 187 Å². The molecule has 4 aromatic rings. The number of hydrogen-bond acceptors (Lipinski definition) is 3. The number of amides is 2. The monoisotopic (exact) mass is 447 g/mol. The molecule has 0 aliphatic rings. The Morgan fingerprint density at radius 3 is 1.91 bits per heavy atom. The van der Waals surface area contributed by atoms with Gasteiger partial charge < -0.3 is 10.3 Å². The number of hydroxylamine groups is 1. The zero-order chi connectivity index (χ0) is 23.5. The Morgan fingerprint density at radius 2 is 1.39 bits per heavy atom. The van der Waals surface area contributed by atoms with Crippen LogP contribution in [0.3, 0.4) is 0 Å². The minimum Gasteiger partial charge on any atom is -0.364 e. The van der Waals surface area contributed by atoms with Crippen molar-refractivity contribution < 1.29 is 23.6 Å². The fourth-order valence-corrected chi connectivity index (χ4v) is 3.70. The highest BCUT2D eigenvalue weighted by Crippen LogP contribution is 2.34. The van der Waals surface area contributed by atoms with Gasteiger partial charge in [0.05, 0.1) is 0 Å². The van der Waals surface area contributed by atoms with Crippen LogP contribution in [0.5, 0.6) is 0 Å². The minimum atomic E-state index is -0.682. The standard InChI is InChI=1S/C25H19F2N3O3/c26-19-9-5-16(6-10-19)21-13-22(17-7-11-20(27)12-8-17)30(23(21)24(28)31)14-15-1-3-18(4-2-15)25(32)29-33/h1-13,33H,14H2,(H2,28,31)(H,29,32). The molecule has 2 amide bonds. The van der Waals surface area contributed by atoms with E-state index in [9.17, 15) is 18.4 Å². The molecule has 0 aliphatic carbocycles. The molecular formula is C25H19F2N3O3. The van der Waals surface area contributed by atoms with Crippen molar-refractivity contribution in [2.75, 3.05) is 0 Å². The maximum Gasteiger partial charge on any atom is 0.274 e. The number of hydrogen-bond donors (Lipinski definition) is 3. The molecule has 4 N–H and O–H groups in total. The molecule has 0 atom stereocenters. The number of primary amides is 1. The molecule has 1 aromatic heterocycles. The van der Waals surface area contributed by atoms with Crippen molar-refractivity contribution in [3.63, 3.8) is 0 Å². The zero-order valence-electron chi connectivity index (χ0n) is 17.3. The molecule has 0 saturated heterocycles. The Morgan fingerprint density at radius 1 is 0.848 bits per heavy atom. The van der Waals surface area contributed by atoms with Crippen LogP contribution in [0.2, 0.25) is 0 Å². The van der Waals surface area contributed by atoms with Crippen molar-refractivity contribution in [3.05, 3.63) is 107 Å². The van der Waals surface area contributed by atoms with Crippen molar-refractivity contribution in [2.45, 2.75) is 6.54 Å². The summed E-state index contributed by atoms with van der Waals surface area (Å²) in [7, 11) is 0. The first-order valence-electron chi connectivity index (χ1n) is 9.96. The summed E-state index contributed by atoms with van der Waals surface area (Å²) in [4.78, 5) is 24.1. The maximum atomic E-state index is 13.5. The summed E-state index contributed by atoms with van der Waals surface area (Å²) in [5.41, 5.74) is 10.9. The first kappa shape index (κ1) is 21.9. The zero-order valence-corrected chi connectivity index (χ0v) is 17.3. The molecule has 33 heavy (non-hydrogen) atoms. The Kier molecular flexibility index (Phi) is 6.01. The normalized spacial score (nSPS) is 10.8. The van der Waals surface area contributed by atoms with Crippen LogP contribution in [0.25, 0.3) is 22.4 Å². The molecule has 0 bridgehead atoms. The molecule has 166 valence electrons. The van der Waals surface area contributed by atoms with Crippen LogP contribution >= 0.6 is 0 Å². The van der Waals surface area contributed by atoms with Crippen LogP contribution in [0.15, 0.2) is 78.9 Å². The molecule has 0 spiro atoms. The Bertz CT molecular complexity index is 1310. The third-order valence-corrected chi connectivity index (χ3v) is 5.28. The second kappa shape index (κ2) is 9.05. The number of benzene rings is 3. The van der Waals surface area contributed by atoms with E-state index in [2.05, 4.69) is 0 Å². The van der Waals surface area contributed by atoms with Gasteiger partial charge in [0, 0.05) is 23.4 Å². The number of nitrogens with zero attached hydrogens (tertiary/aromatic N) is 1. The molecule has 0 radical (unpaired) electrons. The molecule has 6 nitrogen and oxygen atoms in total. The highest BCUT2D eigenvalue weighted by molar-refractivity contribution is 6.00. The molecule has 0 unspecified atom stereocenters. The molecule has 0 saturated carbocycles. The van der Waals surface area contributed by atoms with Gasteiger partial charge >= 0.3 is 0 Å². The summed E-state index contributed by atoms with van der Waals surface area (Å²) in [6, 6.07) is 19.7. The van der Waals surface area contributed by atoms with Gasteiger partial charge in [-0.15, -0.1) is 0 Å². The van der Waals surface area contributed by atoms with E-state index in [-0.39, 0.29) is 17.8 Å². The van der Waals surface area contributed by atoms with E-state index < -0.39 is 23.4 Å². The van der Waals surface area contributed by atoms with Crippen LogP contribution in [0.4, 0.5) is 8.78 Å². The van der Waals surface area contributed by atoms with Crippen molar-refractivity contribution in [1.82, 2.24) is 10.0 Å². The van der Waals surface area contributed by atoms with E-state index in [0.29, 0.717) is 22.4 Å². The summed E-state index contributed by atoms with van der Waals surface area (Å²) < 4.78 is 28.7. The molecule has 8 heteroatoms. The lowest BCUT2D eigenvalue weighted by molar-refractivity contribution is 0.0706. The van der Waals surface area contributed by atoms with E-state index in [4.69, 9.17) is 10.9 Å². The second-order valence-electron chi connectivity index (χ2n) is 7.39. The Hall–Kier alpha value is -4.30. The highest BCUT2D eigenvalue weighted by Gasteiger charge is 2.22. The predicted molar refractivity (Wildman–Crippen MR) is 119 cm³/mol. The van der Waals surface area contributed by atoms with Crippen molar-refractivity contribution in [3.8, 4) is 22.4 Å². The molecule has 0 fully saturated rings. The summed E-state index contributed by atoms with van der Waals surface area (Å²) in [6.45, 7) is 0.215. The van der Waals surface area contributed by atoms with Gasteiger partial charge in [0.2, 0.25) is 0 Å². The average Bonchev–Trinajstić information content (AvgIpc) is 3.19. The summed E-state index contributed by atoms with van der Waals surface area (Å²) >= 11 is 0. The van der Waals surface area contributed by atoms with E-state index in [1.807, 2.05) is 0 Å². The smallest absolute Gasteiger partial charge is 0.274 e. The van der Waals surface area contributed by atoms with Gasteiger partial charge in [-0.25, -0.2) is 14.3 Å². The van der Waals surface area contributed by atoms with Crippen molar-refractivity contribution in [2.24, 2.45) is 5.73 Å². The lowest BCUT2D eigenvalue weighted by Gasteiger charge is -2.14. The molecule has 3 aromatic carbocycles. The molecule has 1 heterocycles. The number of nitrogens with two attached hydrogens (primary N) is 1. The van der Waals surface area contributed by atoms with E-state index in [1.165, 1.54) is 36.4 Å². The summed E-state index contributed by atoms with van der Waals surface area (Å²) in [6.07, 6.45) is 0. The third-order valence-electron chi connectivity index (χ3n) is 5.28. The average molecular weight is 447 g/mol. The molecular weight excluding hydrogens is 428 g/mol. The van der Waals surface area contributed by atoms with E-state index >= 15 is 0 Å². The highest BCUT2D eigenvalue weighted by atomic mass is 19.1. The lowest BCUT2D eigenvalue weighted by atomic mass is 10.0. The van der Waals surface area contributed by atoms with Crippen LogP contribution in [0.1, 0.15) is 26.4 Å². The summed E-state index contributed by atoms with van der Waals surface area (Å²) in [5, 5.41) is 8.80. The molecule has 0 aliphatic heterocycles. The number of carbonyl (C=O) groups is 2. The number of rotatable bonds is 6. The quantitative estimate of drug-likeness (QED) is 0.303. The Balaban J connectivity index is 1.87. The number of nitrogens with one attached hydrogen (secondary N) is 1. The maximum absolute atomic E-state index is 13.5. The van der Waals surface area contributed by atoms with Gasteiger partial charge in [-0.05, 0) is 71.3 Å². The van der Waals surface area contributed by atoms with Crippen LogP contribution in [-0.4, -0.2) is 21.6 Å². The van der Waals surface area contributed by atoms with Crippen LogP contribution in [-0.2, 0) is 6.54 Å². The molecule has 4 rings (SSSR count). The fraction of sp³-hybridized carbons (Fsp3) is 0.0400. The van der Waals surface area contributed by atoms with Crippen molar-refractivity contribution >= 4 is 11.8 Å². The second-order valence-corrected chi connectivity index (χ2v) is 7.39. The topological polar surface area (TPSA) is 97.4 Å². The first-order chi connectivity index (χ1) is 15.9. The largest absolute Gasteiger partial charge is 0.364 e. The van der Waals surface area contributed by atoms with Gasteiger partial charge in [0.25, 0.3) is 11.8 Å². The number of halogens is 2. The van der Waals surface area contributed by atoms with Crippen LogP contribution < -0.4 is 11.2 Å². The minimum absolute atomic E-state index is 0.207. The summed E-state index contributed by atoms with van der Waals surface area (Å²) in [5.74, 6) is -2.14. The van der Waals surface area contributed by atoms with Gasteiger partial charge in [0.15, 0.2) is 0 Å². The predicted octanol–water partition coefficient (Wildman–Crippen LogP) is 4.37. The SMILES string of the molecule is NC(=O)c1c(-c2ccc(F)cc2)cc(-c2ccc(F)cc2)n1Cc1ccc(C(=O)NO)cc1. The number of aromatic nitrogens is 1. The van der Waals surface area contributed by atoms with Crippen molar-refractivity contribution in [1.29, 1.82) is 0 Å². The fourth-order valence-electron chi connectivity index (χ4n) is 3.70. The third kappa shape index (κ3) is 4.51. The van der Waals surface area contributed by atoms with E-state index in [1.54, 1.807) is 52.5 Å². The number of carbonyl (C=O) groups excluding carboxylic acids is 2. The van der Waals surface area contributed by atoms with Gasteiger partial charge in [-0.1, -0.05) is 24.3 Å². The van der Waals surface area contributed by atoms with Crippen LogP contribution in [0, 0.1) is 11.6 Å². The van der Waals surface area contributed by atoms with E-state index in [0.717, 1.165) is 5.56 Å². The van der Waals surface area contributed by atoms with Gasteiger partial charge in [0.1, 0.15) is 17.3 Å². The first-order valence-corrected chi connectivity index (χ1v) is 9.96. The lowest BCUT2D eigenvalue weighted by Crippen LogP contribution is -2.19. The van der Waals surface area contributed by atoms with Gasteiger partial charge in [-0.2, -0.15) is 0 Å². The van der Waals surface area contributed by atoms with Gasteiger partial charge in [-0.3, -0.25) is 14.8 Å².